The highest BCUT2D eigenvalue weighted by Crippen LogP contribution is 2.15. The number of nitrogens with zero attached hydrogens (tertiary/aromatic N) is 4. The summed E-state index contributed by atoms with van der Waals surface area (Å²) in [6.07, 6.45) is 2.50. The van der Waals surface area contributed by atoms with Gasteiger partial charge in [0.15, 0.2) is 5.69 Å². The molecule has 0 unspecified atom stereocenters. The van der Waals surface area contributed by atoms with Gasteiger partial charge in [0.25, 0.3) is 21.5 Å². The number of benzene rings is 2. The van der Waals surface area contributed by atoms with Gasteiger partial charge in [0.05, 0.1) is 29.5 Å². The zero-order valence-electron chi connectivity index (χ0n) is 17.3. The molecule has 0 spiro atoms. The summed E-state index contributed by atoms with van der Waals surface area (Å²) in [5.74, 6) is -0.797. The Kier molecular flexibility index (Phi) is 5.59. The number of nitrogens with one attached hydrogen (secondary N) is 2. The van der Waals surface area contributed by atoms with Crippen LogP contribution in [0.15, 0.2) is 76.7 Å². The minimum Gasteiger partial charge on any atom is -0.272 e. The molecule has 0 saturated heterocycles. The summed E-state index contributed by atoms with van der Waals surface area (Å²) >= 11 is 0. The molecule has 164 valence electrons. The Balaban J connectivity index is 1.60. The van der Waals surface area contributed by atoms with Crippen LogP contribution in [0.2, 0.25) is 0 Å². The molecular formula is C21H20N6O4S. The van der Waals surface area contributed by atoms with E-state index >= 15 is 0 Å². The van der Waals surface area contributed by atoms with Gasteiger partial charge in [-0.1, -0.05) is 36.4 Å². The number of carbonyl (C=O) groups is 1. The fourth-order valence-electron chi connectivity index (χ4n) is 3.12. The molecule has 0 radical (unpaired) electrons. The summed E-state index contributed by atoms with van der Waals surface area (Å²) < 4.78 is 27.9. The quantitative estimate of drug-likeness (QED) is 0.429. The Bertz CT molecular complexity index is 1460. The summed E-state index contributed by atoms with van der Waals surface area (Å²) in [6, 6.07) is 15.2. The van der Waals surface area contributed by atoms with Crippen molar-refractivity contribution in [2.24, 2.45) is 0 Å². The zero-order valence-corrected chi connectivity index (χ0v) is 18.1. The number of amides is 1. The third kappa shape index (κ3) is 4.03. The second kappa shape index (κ2) is 8.36. The minimum atomic E-state index is -4.10. The van der Waals surface area contributed by atoms with Crippen LogP contribution in [0.25, 0.3) is 16.5 Å². The number of aromatic nitrogens is 4. The molecule has 4 rings (SSSR count). The van der Waals surface area contributed by atoms with Crippen LogP contribution in [-0.4, -0.2) is 33.9 Å². The van der Waals surface area contributed by atoms with Gasteiger partial charge in [-0.2, -0.15) is 10.2 Å². The number of rotatable bonds is 6. The second-order valence-corrected chi connectivity index (χ2v) is 8.94. The van der Waals surface area contributed by atoms with Gasteiger partial charge in [-0.05, 0) is 32.0 Å². The highest BCUT2D eigenvalue weighted by Gasteiger charge is 2.21. The monoisotopic (exact) mass is 452 g/mol. The van der Waals surface area contributed by atoms with E-state index in [4.69, 9.17) is 0 Å². The molecule has 2 N–H and O–H groups in total. The van der Waals surface area contributed by atoms with Gasteiger partial charge < -0.3 is 0 Å². The number of hydrogen-bond donors (Lipinski definition) is 2. The zero-order chi connectivity index (χ0) is 22.9. The largest absolute Gasteiger partial charge is 0.287 e. The molecule has 1 amide bonds. The lowest BCUT2D eigenvalue weighted by Gasteiger charge is -2.13. The number of para-hydroxylation sites is 1. The van der Waals surface area contributed by atoms with E-state index in [-0.39, 0.29) is 22.2 Å². The summed E-state index contributed by atoms with van der Waals surface area (Å²) in [7, 11) is -4.10. The van der Waals surface area contributed by atoms with E-state index in [9.17, 15) is 18.0 Å². The number of hydrazine groups is 1. The normalized spacial score (nSPS) is 11.7. The predicted molar refractivity (Wildman–Crippen MR) is 118 cm³/mol. The van der Waals surface area contributed by atoms with Gasteiger partial charge >= 0.3 is 0 Å². The Morgan fingerprint density at radius 2 is 1.66 bits per heavy atom. The summed E-state index contributed by atoms with van der Waals surface area (Å²) in [5.41, 5.74) is 2.45. The van der Waals surface area contributed by atoms with Crippen LogP contribution in [-0.2, 0) is 10.0 Å². The van der Waals surface area contributed by atoms with Gasteiger partial charge in [-0.25, -0.2) is 17.8 Å². The maximum Gasteiger partial charge on any atom is 0.287 e. The molecule has 0 fully saturated rings. The van der Waals surface area contributed by atoms with E-state index in [1.807, 2.05) is 6.07 Å². The molecule has 0 aliphatic heterocycles. The molecule has 0 atom stereocenters. The van der Waals surface area contributed by atoms with Gasteiger partial charge in [0.2, 0.25) is 0 Å². The summed E-state index contributed by atoms with van der Waals surface area (Å²) in [5, 5.41) is 8.85. The van der Waals surface area contributed by atoms with E-state index in [2.05, 4.69) is 20.5 Å². The first kappa shape index (κ1) is 21.4. The first-order valence-corrected chi connectivity index (χ1v) is 11.2. The lowest BCUT2D eigenvalue weighted by molar-refractivity contribution is 0.0939. The molecule has 0 saturated carbocycles. The average molecular weight is 452 g/mol. The van der Waals surface area contributed by atoms with Crippen LogP contribution in [0, 0.1) is 0 Å². The van der Waals surface area contributed by atoms with Crippen LogP contribution in [0.3, 0.4) is 0 Å². The summed E-state index contributed by atoms with van der Waals surface area (Å²) in [4.78, 5) is 27.4. The third-order valence-corrected chi connectivity index (χ3v) is 5.92. The standard InChI is InChI=1S/C21H20N6O4S/c1-14(2)27-21(29)18-11-7-6-10-17(18)19(24-27)20(28)23-25-32(30,31)16-12-22-26(13-16)15-8-4-3-5-9-15/h3-14,25H,1-2H3,(H,23,28). The van der Waals surface area contributed by atoms with E-state index in [0.717, 1.165) is 0 Å². The fourth-order valence-corrected chi connectivity index (χ4v) is 3.89. The van der Waals surface area contributed by atoms with Crippen LogP contribution < -0.4 is 15.8 Å². The second-order valence-electron chi connectivity index (χ2n) is 7.25. The highest BCUT2D eigenvalue weighted by molar-refractivity contribution is 7.89. The fraction of sp³-hybridized carbons (Fsp3) is 0.143. The van der Waals surface area contributed by atoms with Crippen LogP contribution >= 0.6 is 0 Å². The third-order valence-electron chi connectivity index (χ3n) is 4.72. The smallest absolute Gasteiger partial charge is 0.272 e. The lowest BCUT2D eigenvalue weighted by Crippen LogP contribution is -2.42. The van der Waals surface area contributed by atoms with Crippen molar-refractivity contribution in [2.75, 3.05) is 0 Å². The molecule has 2 aromatic carbocycles. The molecule has 2 aromatic heterocycles. The van der Waals surface area contributed by atoms with Crippen LogP contribution in [0.1, 0.15) is 30.4 Å². The first-order valence-electron chi connectivity index (χ1n) is 9.72. The number of fused-ring (bicyclic) bond motifs is 1. The minimum absolute atomic E-state index is 0.0726. The Labute approximate surface area is 183 Å². The number of hydrogen-bond acceptors (Lipinski definition) is 6. The predicted octanol–water partition coefficient (Wildman–Crippen LogP) is 1.79. The van der Waals surface area contributed by atoms with Crippen molar-refractivity contribution in [3.05, 3.63) is 83.0 Å². The van der Waals surface area contributed by atoms with Crippen LogP contribution in [0.4, 0.5) is 0 Å². The molecule has 0 aliphatic carbocycles. The van der Waals surface area contributed by atoms with Gasteiger partial charge in [-0.3, -0.25) is 15.0 Å². The summed E-state index contributed by atoms with van der Waals surface area (Å²) in [6.45, 7) is 3.52. The molecule has 10 nitrogen and oxygen atoms in total. The highest BCUT2D eigenvalue weighted by atomic mass is 32.2. The molecule has 32 heavy (non-hydrogen) atoms. The lowest BCUT2D eigenvalue weighted by atomic mass is 10.1. The molecule has 0 bridgehead atoms. The van der Waals surface area contributed by atoms with Gasteiger partial charge in [0, 0.05) is 5.39 Å². The van der Waals surface area contributed by atoms with Crippen LogP contribution in [0.5, 0.6) is 0 Å². The Hall–Kier alpha value is -3.83. The van der Waals surface area contributed by atoms with E-state index in [0.29, 0.717) is 16.5 Å². The van der Waals surface area contributed by atoms with Crippen molar-refractivity contribution in [3.8, 4) is 5.69 Å². The molecule has 0 aliphatic rings. The SMILES string of the molecule is CC(C)n1nc(C(=O)NNS(=O)(=O)c2cnn(-c3ccccc3)c2)c2ccccc2c1=O. The molecule has 4 aromatic rings. The maximum atomic E-state index is 12.8. The van der Waals surface area contributed by atoms with Gasteiger partial charge in [0.1, 0.15) is 4.90 Å². The topological polar surface area (TPSA) is 128 Å². The van der Waals surface area contributed by atoms with E-state index < -0.39 is 15.9 Å². The average Bonchev–Trinajstić information content (AvgIpc) is 3.30. The van der Waals surface area contributed by atoms with Crippen molar-refractivity contribution in [1.29, 1.82) is 0 Å². The van der Waals surface area contributed by atoms with Crippen molar-refractivity contribution < 1.29 is 13.2 Å². The molecule has 11 heteroatoms. The molecular weight excluding hydrogens is 432 g/mol. The maximum absolute atomic E-state index is 12.8. The van der Waals surface area contributed by atoms with Crippen molar-refractivity contribution in [3.63, 3.8) is 0 Å². The van der Waals surface area contributed by atoms with Crippen molar-refractivity contribution >= 4 is 26.7 Å². The first-order chi connectivity index (χ1) is 15.3. The van der Waals surface area contributed by atoms with Gasteiger partial charge in [-0.15, -0.1) is 4.83 Å². The Morgan fingerprint density at radius 3 is 2.34 bits per heavy atom. The number of carbonyl (C=O) groups excluding carboxylic acids is 1. The van der Waals surface area contributed by atoms with E-state index in [1.54, 1.807) is 62.4 Å². The van der Waals surface area contributed by atoms with E-state index in [1.165, 1.54) is 21.8 Å². The van der Waals surface area contributed by atoms with Crippen molar-refractivity contribution in [2.45, 2.75) is 24.8 Å². The number of sulfonamides is 1. The van der Waals surface area contributed by atoms with Crippen molar-refractivity contribution in [1.82, 2.24) is 29.8 Å². The Morgan fingerprint density at radius 1 is 1.00 bits per heavy atom. The molecule has 2 heterocycles.